The van der Waals surface area contributed by atoms with E-state index in [-0.39, 0.29) is 5.97 Å². The summed E-state index contributed by atoms with van der Waals surface area (Å²) in [5.41, 5.74) is 0. The van der Waals surface area contributed by atoms with Crippen molar-refractivity contribution < 1.29 is 9.53 Å². The monoisotopic (exact) mass is 256 g/mol. The minimum atomic E-state index is -0.0709. The van der Waals surface area contributed by atoms with Crippen molar-refractivity contribution in [1.82, 2.24) is 0 Å². The van der Waals surface area contributed by atoms with Crippen molar-refractivity contribution in [2.75, 3.05) is 7.11 Å². The highest BCUT2D eigenvalue weighted by Crippen LogP contribution is 2.15. The molecule has 0 saturated carbocycles. The second kappa shape index (κ2) is 12.9. The molecule has 1 unspecified atom stereocenters. The summed E-state index contributed by atoms with van der Waals surface area (Å²) >= 11 is 0. The summed E-state index contributed by atoms with van der Waals surface area (Å²) in [5.74, 6) is 0.403. The Bertz CT molecular complexity index is 190. The van der Waals surface area contributed by atoms with Gasteiger partial charge in [0.1, 0.15) is 0 Å². The molecule has 0 rings (SSSR count). The molecule has 108 valence electrons. The van der Waals surface area contributed by atoms with E-state index in [0.717, 1.165) is 6.42 Å². The number of unbranched alkanes of at least 4 members (excludes halogenated alkanes) is 8. The zero-order valence-corrected chi connectivity index (χ0v) is 12.7. The maximum atomic E-state index is 11.1. The lowest BCUT2D eigenvalue weighted by Gasteiger charge is -2.09. The van der Waals surface area contributed by atoms with Crippen LogP contribution in [0.3, 0.4) is 0 Å². The summed E-state index contributed by atoms with van der Waals surface area (Å²) in [5, 5.41) is 0. The Morgan fingerprint density at radius 1 is 0.944 bits per heavy atom. The molecule has 0 radical (unpaired) electrons. The van der Waals surface area contributed by atoms with Gasteiger partial charge < -0.3 is 4.74 Å². The molecule has 18 heavy (non-hydrogen) atoms. The Morgan fingerprint density at radius 2 is 1.44 bits per heavy atom. The lowest BCUT2D eigenvalue weighted by atomic mass is 9.99. The van der Waals surface area contributed by atoms with Crippen LogP contribution in [0.5, 0.6) is 0 Å². The van der Waals surface area contributed by atoms with Gasteiger partial charge in [-0.05, 0) is 5.92 Å². The summed E-state index contributed by atoms with van der Waals surface area (Å²) in [7, 11) is 1.47. The maximum Gasteiger partial charge on any atom is 0.305 e. The number of carbonyl (C=O) groups is 1. The largest absolute Gasteiger partial charge is 0.469 e. The van der Waals surface area contributed by atoms with Crippen molar-refractivity contribution in [2.45, 2.75) is 84.5 Å². The van der Waals surface area contributed by atoms with Gasteiger partial charge in [-0.3, -0.25) is 4.79 Å². The fraction of sp³-hybridized carbons (Fsp3) is 0.938. The number of esters is 1. The van der Waals surface area contributed by atoms with Gasteiger partial charge in [0.15, 0.2) is 0 Å². The van der Waals surface area contributed by atoms with Crippen LogP contribution in [-0.4, -0.2) is 13.1 Å². The molecule has 0 aliphatic carbocycles. The van der Waals surface area contributed by atoms with Crippen molar-refractivity contribution in [1.29, 1.82) is 0 Å². The standard InChI is InChI=1S/C16H32O2/c1-4-5-6-7-8-9-10-11-12-13-15(2)14-16(17)18-3/h15H,4-14H2,1-3H3. The molecule has 0 spiro atoms. The van der Waals surface area contributed by atoms with Gasteiger partial charge in [-0.15, -0.1) is 0 Å². The first-order valence-electron chi connectivity index (χ1n) is 7.77. The highest BCUT2D eigenvalue weighted by atomic mass is 16.5. The van der Waals surface area contributed by atoms with Crippen LogP contribution in [0, 0.1) is 5.92 Å². The van der Waals surface area contributed by atoms with Crippen LogP contribution in [0.25, 0.3) is 0 Å². The van der Waals surface area contributed by atoms with E-state index in [1.54, 1.807) is 0 Å². The first-order chi connectivity index (χ1) is 8.70. The maximum absolute atomic E-state index is 11.1. The fourth-order valence-electron chi connectivity index (χ4n) is 2.27. The Balaban J connectivity index is 3.17. The molecule has 2 nitrogen and oxygen atoms in total. The van der Waals surface area contributed by atoms with E-state index in [0.29, 0.717) is 12.3 Å². The molecule has 0 aliphatic heterocycles. The Hall–Kier alpha value is -0.530. The molecular weight excluding hydrogens is 224 g/mol. The number of rotatable bonds is 12. The molecule has 1 atom stereocenters. The lowest BCUT2D eigenvalue weighted by molar-refractivity contribution is -0.141. The van der Waals surface area contributed by atoms with Crippen molar-refractivity contribution in [3.63, 3.8) is 0 Å². The van der Waals surface area contributed by atoms with Crippen LogP contribution in [0.15, 0.2) is 0 Å². The first kappa shape index (κ1) is 17.5. The van der Waals surface area contributed by atoms with Gasteiger partial charge in [0.2, 0.25) is 0 Å². The van der Waals surface area contributed by atoms with Crippen molar-refractivity contribution in [2.24, 2.45) is 5.92 Å². The Labute approximate surface area is 113 Å². The normalized spacial score (nSPS) is 12.4. The van der Waals surface area contributed by atoms with Gasteiger partial charge in [-0.25, -0.2) is 0 Å². The molecule has 2 heteroatoms. The second-order valence-electron chi connectivity index (χ2n) is 5.50. The topological polar surface area (TPSA) is 26.3 Å². The van der Waals surface area contributed by atoms with Crippen LogP contribution in [-0.2, 0) is 9.53 Å². The van der Waals surface area contributed by atoms with Gasteiger partial charge in [-0.2, -0.15) is 0 Å². The average Bonchev–Trinajstić information content (AvgIpc) is 2.36. The predicted octanol–water partition coefficient (Wildman–Crippen LogP) is 5.11. The minimum Gasteiger partial charge on any atom is -0.469 e. The SMILES string of the molecule is CCCCCCCCCCCC(C)CC(=O)OC. The van der Waals surface area contributed by atoms with E-state index < -0.39 is 0 Å². The number of hydrogen-bond acceptors (Lipinski definition) is 2. The van der Waals surface area contributed by atoms with E-state index >= 15 is 0 Å². The number of ether oxygens (including phenoxy) is 1. The minimum absolute atomic E-state index is 0.0709. The third-order valence-electron chi connectivity index (χ3n) is 3.54. The molecule has 0 fully saturated rings. The first-order valence-corrected chi connectivity index (χ1v) is 7.77. The van der Waals surface area contributed by atoms with E-state index in [9.17, 15) is 4.79 Å². The quantitative estimate of drug-likeness (QED) is 0.358. The van der Waals surface area contributed by atoms with E-state index in [4.69, 9.17) is 0 Å². The van der Waals surface area contributed by atoms with Crippen LogP contribution in [0.2, 0.25) is 0 Å². The molecule has 0 saturated heterocycles. The highest BCUT2D eigenvalue weighted by molar-refractivity contribution is 5.69. The zero-order chi connectivity index (χ0) is 13.6. The number of carbonyl (C=O) groups excluding carboxylic acids is 1. The fourth-order valence-corrected chi connectivity index (χ4v) is 2.27. The molecule has 0 N–H and O–H groups in total. The van der Waals surface area contributed by atoms with Crippen LogP contribution >= 0.6 is 0 Å². The second-order valence-corrected chi connectivity index (χ2v) is 5.50. The molecule has 0 aliphatic rings. The van der Waals surface area contributed by atoms with Gasteiger partial charge in [0.05, 0.1) is 7.11 Å². The molecular formula is C16H32O2. The smallest absolute Gasteiger partial charge is 0.305 e. The molecule has 0 amide bonds. The van der Waals surface area contributed by atoms with Crippen molar-refractivity contribution in [3.05, 3.63) is 0 Å². The predicted molar refractivity (Wildman–Crippen MR) is 77.6 cm³/mol. The van der Waals surface area contributed by atoms with E-state index in [2.05, 4.69) is 18.6 Å². The van der Waals surface area contributed by atoms with E-state index in [1.165, 1.54) is 64.9 Å². The number of hydrogen-bond donors (Lipinski definition) is 0. The summed E-state index contributed by atoms with van der Waals surface area (Å²) in [4.78, 5) is 11.1. The third kappa shape index (κ3) is 11.9. The Kier molecular flexibility index (Phi) is 12.5. The zero-order valence-electron chi connectivity index (χ0n) is 12.7. The van der Waals surface area contributed by atoms with Gasteiger partial charge >= 0.3 is 5.97 Å². The van der Waals surface area contributed by atoms with Crippen LogP contribution in [0.4, 0.5) is 0 Å². The molecule has 0 aromatic rings. The molecule has 0 aromatic heterocycles. The molecule has 0 bridgehead atoms. The lowest BCUT2D eigenvalue weighted by Crippen LogP contribution is -2.06. The van der Waals surface area contributed by atoms with Crippen molar-refractivity contribution >= 4 is 5.97 Å². The average molecular weight is 256 g/mol. The molecule has 0 aromatic carbocycles. The van der Waals surface area contributed by atoms with Gasteiger partial charge in [0.25, 0.3) is 0 Å². The van der Waals surface area contributed by atoms with Crippen molar-refractivity contribution in [3.8, 4) is 0 Å². The summed E-state index contributed by atoms with van der Waals surface area (Å²) < 4.78 is 4.67. The van der Waals surface area contributed by atoms with Crippen LogP contribution in [0.1, 0.15) is 84.5 Å². The summed E-state index contributed by atoms with van der Waals surface area (Å²) in [6.07, 6.45) is 14.0. The van der Waals surface area contributed by atoms with Crippen LogP contribution < -0.4 is 0 Å². The molecule has 0 heterocycles. The van der Waals surface area contributed by atoms with Gasteiger partial charge in [-0.1, -0.05) is 78.1 Å². The summed E-state index contributed by atoms with van der Waals surface area (Å²) in [6.45, 7) is 4.40. The number of methoxy groups -OCH3 is 1. The summed E-state index contributed by atoms with van der Waals surface area (Å²) in [6, 6.07) is 0. The Morgan fingerprint density at radius 3 is 1.94 bits per heavy atom. The van der Waals surface area contributed by atoms with E-state index in [1.807, 2.05) is 0 Å². The van der Waals surface area contributed by atoms with Gasteiger partial charge in [0, 0.05) is 6.42 Å². The highest BCUT2D eigenvalue weighted by Gasteiger charge is 2.08. The third-order valence-corrected chi connectivity index (χ3v) is 3.54.